The maximum absolute atomic E-state index is 13.7. The van der Waals surface area contributed by atoms with E-state index < -0.39 is 29.8 Å². The number of benzene rings is 1. The summed E-state index contributed by atoms with van der Waals surface area (Å²) in [5.41, 5.74) is 13.7. The van der Waals surface area contributed by atoms with Crippen molar-refractivity contribution >= 4 is 35.8 Å². The van der Waals surface area contributed by atoms with E-state index in [-0.39, 0.29) is 36.4 Å². The molecular formula is C24H31ClN4O3. The summed E-state index contributed by atoms with van der Waals surface area (Å²) in [5, 5.41) is 0. The normalized spacial score (nSPS) is 17.8. The number of anilines is 1. The van der Waals surface area contributed by atoms with E-state index in [1.54, 1.807) is 19.2 Å². The number of fused-ring (bicyclic) bond motifs is 1. The predicted molar refractivity (Wildman–Crippen MR) is 126 cm³/mol. The zero-order valence-corrected chi connectivity index (χ0v) is 19.4. The molecule has 8 heteroatoms. The van der Waals surface area contributed by atoms with Crippen molar-refractivity contribution in [2.24, 2.45) is 29.2 Å². The van der Waals surface area contributed by atoms with Gasteiger partial charge in [-0.25, -0.2) is 4.98 Å². The second kappa shape index (κ2) is 10.7. The molecule has 0 radical (unpaired) electrons. The number of carbonyl (C=O) groups excluding carboxylic acids is 3. The fourth-order valence-corrected chi connectivity index (χ4v) is 4.38. The second-order valence-electron chi connectivity index (χ2n) is 8.58. The zero-order valence-electron chi connectivity index (χ0n) is 18.6. The number of hydrogen-bond donors (Lipinski definition) is 2. The monoisotopic (exact) mass is 458 g/mol. The smallest absolute Gasteiger partial charge is 0.232 e. The average molecular weight is 459 g/mol. The Morgan fingerprint density at radius 2 is 1.75 bits per heavy atom. The van der Waals surface area contributed by atoms with E-state index in [9.17, 15) is 14.4 Å². The van der Waals surface area contributed by atoms with Crippen molar-refractivity contribution in [1.29, 1.82) is 0 Å². The lowest BCUT2D eigenvalue weighted by Crippen LogP contribution is -2.56. The minimum absolute atomic E-state index is 0. The zero-order chi connectivity index (χ0) is 22.7. The fourth-order valence-electron chi connectivity index (χ4n) is 4.38. The van der Waals surface area contributed by atoms with Crippen molar-refractivity contribution in [3.05, 3.63) is 59.8 Å². The maximum Gasteiger partial charge on any atom is 0.232 e. The highest BCUT2D eigenvalue weighted by Crippen LogP contribution is 2.35. The highest BCUT2D eigenvalue weighted by atomic mass is 35.5. The Kier molecular flexibility index (Phi) is 8.52. The molecule has 4 atom stereocenters. The summed E-state index contributed by atoms with van der Waals surface area (Å²) in [7, 11) is 0. The Hall–Kier alpha value is -2.77. The quantitative estimate of drug-likeness (QED) is 0.628. The van der Waals surface area contributed by atoms with Crippen LogP contribution in [0.1, 0.15) is 31.9 Å². The molecular weight excluding hydrogens is 428 g/mol. The molecule has 2 amide bonds. The van der Waals surface area contributed by atoms with Crippen molar-refractivity contribution in [2.75, 3.05) is 4.90 Å². The number of aromatic nitrogens is 1. The lowest BCUT2D eigenvalue weighted by Gasteiger charge is -2.34. The van der Waals surface area contributed by atoms with Crippen LogP contribution in [-0.4, -0.2) is 34.7 Å². The Labute approximate surface area is 195 Å². The van der Waals surface area contributed by atoms with Gasteiger partial charge >= 0.3 is 0 Å². The van der Waals surface area contributed by atoms with E-state index >= 15 is 0 Å². The molecule has 0 saturated carbocycles. The Bertz CT molecular complexity index is 967. The van der Waals surface area contributed by atoms with Crippen molar-refractivity contribution in [3.63, 3.8) is 0 Å². The van der Waals surface area contributed by atoms with Crippen LogP contribution in [0.2, 0.25) is 0 Å². The van der Waals surface area contributed by atoms with E-state index in [0.717, 1.165) is 11.1 Å². The van der Waals surface area contributed by atoms with Gasteiger partial charge in [-0.2, -0.15) is 0 Å². The highest BCUT2D eigenvalue weighted by Gasteiger charge is 2.45. The highest BCUT2D eigenvalue weighted by molar-refractivity contribution is 6.01. The molecule has 1 aromatic carbocycles. The van der Waals surface area contributed by atoms with Crippen LogP contribution in [0.5, 0.6) is 0 Å². The summed E-state index contributed by atoms with van der Waals surface area (Å²) in [5.74, 6) is -1.87. The van der Waals surface area contributed by atoms with Gasteiger partial charge in [0, 0.05) is 18.5 Å². The van der Waals surface area contributed by atoms with E-state index in [1.165, 1.54) is 4.90 Å². The Morgan fingerprint density at radius 3 is 2.34 bits per heavy atom. The van der Waals surface area contributed by atoms with Gasteiger partial charge in [0.2, 0.25) is 11.8 Å². The number of Topliss-reactive ketones (excluding diaryl/α,β-unsaturated/α-hetero) is 1. The molecule has 4 N–H and O–H groups in total. The van der Waals surface area contributed by atoms with Crippen LogP contribution in [0.15, 0.2) is 48.7 Å². The molecule has 32 heavy (non-hydrogen) atoms. The van der Waals surface area contributed by atoms with Gasteiger partial charge in [0.1, 0.15) is 5.82 Å². The number of carbonyl (C=O) groups is 3. The predicted octanol–water partition coefficient (Wildman–Crippen LogP) is 2.29. The number of amides is 2. The summed E-state index contributed by atoms with van der Waals surface area (Å²) >= 11 is 0. The molecule has 3 unspecified atom stereocenters. The van der Waals surface area contributed by atoms with Gasteiger partial charge in [0.05, 0.1) is 18.0 Å². The first-order valence-electron chi connectivity index (χ1n) is 10.6. The van der Waals surface area contributed by atoms with Gasteiger partial charge in [0.25, 0.3) is 0 Å². The Balaban J connectivity index is 0.00000363. The van der Waals surface area contributed by atoms with E-state index in [4.69, 9.17) is 11.5 Å². The molecule has 7 nitrogen and oxygen atoms in total. The third-order valence-corrected chi connectivity index (χ3v) is 6.09. The number of primary amides is 1. The first-order chi connectivity index (χ1) is 14.7. The summed E-state index contributed by atoms with van der Waals surface area (Å²) in [4.78, 5) is 44.5. The van der Waals surface area contributed by atoms with E-state index in [2.05, 4.69) is 4.98 Å². The molecule has 1 aliphatic rings. The first kappa shape index (κ1) is 25.5. The minimum Gasteiger partial charge on any atom is -0.369 e. The van der Waals surface area contributed by atoms with Crippen LogP contribution in [0.3, 0.4) is 0 Å². The van der Waals surface area contributed by atoms with Crippen LogP contribution in [0.4, 0.5) is 5.82 Å². The third kappa shape index (κ3) is 5.16. The summed E-state index contributed by atoms with van der Waals surface area (Å²) in [6.07, 6.45) is 2.24. The van der Waals surface area contributed by atoms with Gasteiger partial charge in [0.15, 0.2) is 5.78 Å². The van der Waals surface area contributed by atoms with Gasteiger partial charge in [-0.1, -0.05) is 57.2 Å². The molecule has 1 aromatic heterocycles. The molecule has 0 saturated heterocycles. The molecule has 0 spiro atoms. The summed E-state index contributed by atoms with van der Waals surface area (Å²) in [6.45, 7) is 5.43. The molecule has 1 aliphatic heterocycles. The van der Waals surface area contributed by atoms with Crippen LogP contribution in [0, 0.1) is 17.8 Å². The molecule has 0 bridgehead atoms. The van der Waals surface area contributed by atoms with E-state index in [1.807, 2.05) is 50.2 Å². The summed E-state index contributed by atoms with van der Waals surface area (Å²) in [6, 6.07) is 11.6. The van der Waals surface area contributed by atoms with Gasteiger partial charge < -0.3 is 11.5 Å². The number of nitrogens with zero attached hydrogens (tertiary/aromatic N) is 2. The van der Waals surface area contributed by atoms with Crippen LogP contribution < -0.4 is 16.4 Å². The number of ketones is 1. The molecule has 172 valence electrons. The standard InChI is InChI=1S/C24H30N4O3.ClH/c1-14(2)20(15(3)22(26)30)24(31)28-18(13-17-10-7-11-27-23(17)28)21(25)19(29)12-16-8-5-4-6-9-16;/h4-11,14-15,18,20-21H,12-13,25H2,1-3H3,(H2,26,30);1H/t15?,18?,20-,21?;/m0./s1. The van der Waals surface area contributed by atoms with Gasteiger partial charge in [-0.3, -0.25) is 19.3 Å². The van der Waals surface area contributed by atoms with Gasteiger partial charge in [-0.05, 0) is 29.5 Å². The lowest BCUT2D eigenvalue weighted by atomic mass is 9.82. The van der Waals surface area contributed by atoms with E-state index in [0.29, 0.717) is 12.2 Å². The molecule has 0 fully saturated rings. The van der Waals surface area contributed by atoms with Crippen LogP contribution in [-0.2, 0) is 27.2 Å². The van der Waals surface area contributed by atoms with Crippen molar-refractivity contribution < 1.29 is 14.4 Å². The van der Waals surface area contributed by atoms with Crippen LogP contribution >= 0.6 is 12.4 Å². The lowest BCUT2D eigenvalue weighted by molar-refractivity contribution is -0.133. The number of hydrogen-bond acceptors (Lipinski definition) is 5. The first-order valence-corrected chi connectivity index (χ1v) is 10.6. The SMILES string of the molecule is CC(C)[C@H](C(=O)N1c2ncccc2CC1C(N)C(=O)Cc1ccccc1)C(C)C(N)=O.Cl. The van der Waals surface area contributed by atoms with Crippen LogP contribution in [0.25, 0.3) is 0 Å². The largest absolute Gasteiger partial charge is 0.369 e. The average Bonchev–Trinajstić information content (AvgIpc) is 3.13. The van der Waals surface area contributed by atoms with Crippen molar-refractivity contribution in [1.82, 2.24) is 4.98 Å². The molecule has 2 heterocycles. The van der Waals surface area contributed by atoms with Crippen molar-refractivity contribution in [3.8, 4) is 0 Å². The van der Waals surface area contributed by atoms with Gasteiger partial charge in [-0.15, -0.1) is 12.4 Å². The maximum atomic E-state index is 13.7. The molecule has 0 aliphatic carbocycles. The fraction of sp³-hybridized carbons (Fsp3) is 0.417. The topological polar surface area (TPSA) is 119 Å². The molecule has 2 aromatic rings. The molecule has 3 rings (SSSR count). The summed E-state index contributed by atoms with van der Waals surface area (Å²) < 4.78 is 0. The second-order valence-corrected chi connectivity index (χ2v) is 8.58. The number of pyridine rings is 1. The van der Waals surface area contributed by atoms with Crippen molar-refractivity contribution in [2.45, 2.75) is 45.7 Å². The number of halogens is 1. The minimum atomic E-state index is -0.880. The Morgan fingerprint density at radius 1 is 1.09 bits per heavy atom. The number of nitrogens with two attached hydrogens (primary N) is 2. The number of rotatable bonds is 8. The third-order valence-electron chi connectivity index (χ3n) is 6.09.